The Morgan fingerprint density at radius 2 is 1.89 bits per heavy atom. The first-order valence-corrected chi connectivity index (χ1v) is 18.3. The Kier molecular flexibility index (Phi) is 8.41. The number of benzene rings is 3. The van der Waals surface area contributed by atoms with Gasteiger partial charge in [0.15, 0.2) is 0 Å². The van der Waals surface area contributed by atoms with Crippen LogP contribution in [-0.2, 0) is 21.9 Å². The molecule has 6 atom stereocenters. The van der Waals surface area contributed by atoms with Crippen molar-refractivity contribution in [3.8, 4) is 5.75 Å². The lowest BCUT2D eigenvalue weighted by Crippen LogP contribution is -2.49. The summed E-state index contributed by atoms with van der Waals surface area (Å²) in [5, 5.41) is 11.1. The molecular weight excluding hydrogens is 620 g/mol. The van der Waals surface area contributed by atoms with Gasteiger partial charge in [0.25, 0.3) is 5.91 Å². The van der Waals surface area contributed by atoms with Crippen LogP contribution in [0.2, 0.25) is 5.02 Å². The number of amides is 1. The Labute approximate surface area is 276 Å². The summed E-state index contributed by atoms with van der Waals surface area (Å²) in [5.74, 6) is 0.0242. The van der Waals surface area contributed by atoms with Gasteiger partial charge in [-0.15, -0.1) is 0 Å². The number of rotatable bonds is 1. The minimum absolute atomic E-state index is 0.0978. The van der Waals surface area contributed by atoms with E-state index < -0.39 is 27.3 Å². The lowest BCUT2D eigenvalue weighted by atomic mass is 9.68. The van der Waals surface area contributed by atoms with Gasteiger partial charge in [-0.1, -0.05) is 67.1 Å². The van der Waals surface area contributed by atoms with Gasteiger partial charge < -0.3 is 14.7 Å². The number of halogens is 1. The molecule has 2 heterocycles. The smallest absolute Gasteiger partial charge is 0.264 e. The second kappa shape index (κ2) is 12.4. The highest BCUT2D eigenvalue weighted by atomic mass is 35.5. The van der Waals surface area contributed by atoms with E-state index >= 15 is 0 Å². The number of ether oxygens (including phenoxy) is 1. The molecule has 1 amide bonds. The van der Waals surface area contributed by atoms with Gasteiger partial charge in [-0.25, -0.2) is 13.1 Å². The molecule has 7 rings (SSSR count). The van der Waals surface area contributed by atoms with Crippen LogP contribution in [0.5, 0.6) is 5.75 Å². The molecule has 9 heteroatoms. The van der Waals surface area contributed by atoms with Gasteiger partial charge in [-0.3, -0.25) is 4.79 Å². The first kappa shape index (κ1) is 31.3. The minimum Gasteiger partial charge on any atom is -0.490 e. The molecule has 7 nitrogen and oxygen atoms in total. The molecule has 3 aromatic carbocycles. The average molecular weight is 661 g/mol. The van der Waals surface area contributed by atoms with Gasteiger partial charge in [-0.2, -0.15) is 0 Å². The second-order valence-corrected chi connectivity index (χ2v) is 16.0. The Balaban J connectivity index is 1.30. The summed E-state index contributed by atoms with van der Waals surface area (Å²) in [4.78, 5) is 16.1. The number of anilines is 1. The summed E-state index contributed by atoms with van der Waals surface area (Å²) in [7, 11) is -4.13. The number of hydrogen-bond donors (Lipinski definition) is 2. The summed E-state index contributed by atoms with van der Waals surface area (Å²) in [6.45, 7) is 3.74. The van der Waals surface area contributed by atoms with Crippen LogP contribution in [0.3, 0.4) is 0 Å². The van der Waals surface area contributed by atoms with Gasteiger partial charge >= 0.3 is 0 Å². The Morgan fingerprint density at radius 3 is 2.67 bits per heavy atom. The number of nitrogens with one attached hydrogen (secondary N) is 1. The molecule has 2 aliphatic heterocycles. The molecule has 1 spiro atoms. The van der Waals surface area contributed by atoms with E-state index in [1.54, 1.807) is 30.3 Å². The minimum atomic E-state index is -4.13. The zero-order valence-corrected chi connectivity index (χ0v) is 27.6. The molecule has 0 saturated heterocycles. The number of aryl methyl sites for hydroxylation is 1. The summed E-state index contributed by atoms with van der Waals surface area (Å²) in [6.07, 6.45) is 8.44. The Hall–Kier alpha value is -3.33. The molecule has 1 saturated carbocycles. The molecule has 4 aliphatic rings. The van der Waals surface area contributed by atoms with Gasteiger partial charge in [0, 0.05) is 29.1 Å². The third-order valence-corrected chi connectivity index (χ3v) is 12.8. The van der Waals surface area contributed by atoms with Crippen LogP contribution in [0.15, 0.2) is 78.9 Å². The van der Waals surface area contributed by atoms with Gasteiger partial charge in [0.05, 0.1) is 18.4 Å². The first-order valence-electron chi connectivity index (χ1n) is 16.4. The molecular formula is C37H41ClN2O5S. The zero-order chi connectivity index (χ0) is 32.1. The van der Waals surface area contributed by atoms with Crippen LogP contribution in [-0.4, -0.2) is 45.2 Å². The molecule has 1 fully saturated rings. The predicted octanol–water partition coefficient (Wildman–Crippen LogP) is 6.60. The quantitative estimate of drug-likeness (QED) is 0.286. The number of sulfonamides is 1. The molecule has 3 aromatic rings. The van der Waals surface area contributed by atoms with Crippen LogP contribution in [0.1, 0.15) is 71.3 Å². The van der Waals surface area contributed by atoms with Crippen molar-refractivity contribution in [3.63, 3.8) is 0 Å². The lowest BCUT2D eigenvalue weighted by Gasteiger charge is -2.45. The maximum absolute atomic E-state index is 13.9. The van der Waals surface area contributed by atoms with Crippen LogP contribution in [0.4, 0.5) is 5.69 Å². The fourth-order valence-electron chi connectivity index (χ4n) is 8.22. The standard InChI is InChI=1S/C37H41ClN2O5S/c1-24-7-5-11-33(41)30-15-12-28(30)21-40-22-37(18-6-10-26-19-29(38)14-16-31(26)37)23-45-34-17-13-27(20-32(34)40)36(42)39-46(43,44)35(24)25-8-3-2-4-9-25/h2-5,8-9,11,13-14,16-17,19-20,24,28,30,33,35,41H,6-7,10,12,15,18,21-23H2,1H3,(H,39,42)/b11-5+/t24-,28-,30+,33-,35-,37-/m0/s1. The molecule has 0 unspecified atom stereocenters. The van der Waals surface area contributed by atoms with Crippen LogP contribution in [0.25, 0.3) is 0 Å². The second-order valence-electron chi connectivity index (χ2n) is 13.7. The average Bonchev–Trinajstić information content (AvgIpc) is 3.16. The molecule has 242 valence electrons. The maximum Gasteiger partial charge on any atom is 0.264 e. The van der Waals surface area contributed by atoms with Crippen molar-refractivity contribution < 1.29 is 23.1 Å². The van der Waals surface area contributed by atoms with Crippen LogP contribution in [0, 0.1) is 17.8 Å². The molecule has 0 radical (unpaired) electrons. The van der Waals surface area contributed by atoms with Gasteiger partial charge in [0.2, 0.25) is 10.0 Å². The van der Waals surface area contributed by atoms with Crippen molar-refractivity contribution in [1.29, 1.82) is 0 Å². The number of carbonyl (C=O) groups excluding carboxylic acids is 1. The maximum atomic E-state index is 13.9. The topological polar surface area (TPSA) is 95.9 Å². The normalized spacial score (nSPS) is 31.3. The Bertz CT molecular complexity index is 1760. The fraction of sp³-hybridized carbons (Fsp3) is 0.432. The highest BCUT2D eigenvalue weighted by Crippen LogP contribution is 2.47. The SMILES string of the molecule is C[C@H]1C/C=C/[C@H](O)[C@@H]2CC[C@H]2CN2C[C@@]3(CCCc4cc(Cl)ccc43)COc3ccc(cc32)C(=O)NS(=O)(=O)[C@@H]1c1ccccc1. The summed E-state index contributed by atoms with van der Waals surface area (Å²) < 4.78 is 36.8. The van der Waals surface area contributed by atoms with E-state index in [9.17, 15) is 18.3 Å². The van der Waals surface area contributed by atoms with E-state index in [1.807, 2.05) is 43.3 Å². The zero-order valence-electron chi connectivity index (χ0n) is 26.1. The van der Waals surface area contributed by atoms with Crippen molar-refractivity contribution in [3.05, 3.63) is 106 Å². The number of hydrogen-bond acceptors (Lipinski definition) is 6. The lowest BCUT2D eigenvalue weighted by molar-refractivity contribution is 0.0456. The van der Waals surface area contributed by atoms with E-state index in [0.29, 0.717) is 37.4 Å². The number of fused-ring (bicyclic) bond motifs is 4. The number of nitrogens with zero attached hydrogens (tertiary/aromatic N) is 1. The van der Waals surface area contributed by atoms with E-state index in [2.05, 4.69) is 21.8 Å². The first-order chi connectivity index (χ1) is 22.1. The predicted molar refractivity (Wildman–Crippen MR) is 181 cm³/mol. The van der Waals surface area contributed by atoms with E-state index in [-0.39, 0.29) is 28.7 Å². The van der Waals surface area contributed by atoms with Gasteiger partial charge in [-0.05, 0) is 103 Å². The number of aliphatic hydroxyl groups is 1. The van der Waals surface area contributed by atoms with Crippen molar-refractivity contribution in [2.24, 2.45) is 17.8 Å². The van der Waals surface area contributed by atoms with Crippen molar-refractivity contribution in [2.75, 3.05) is 24.6 Å². The van der Waals surface area contributed by atoms with Gasteiger partial charge in [0.1, 0.15) is 11.0 Å². The highest BCUT2D eigenvalue weighted by Gasteiger charge is 2.44. The summed E-state index contributed by atoms with van der Waals surface area (Å²) >= 11 is 6.41. The van der Waals surface area contributed by atoms with Crippen molar-refractivity contribution >= 4 is 33.2 Å². The third kappa shape index (κ3) is 5.84. The highest BCUT2D eigenvalue weighted by molar-refractivity contribution is 7.90. The molecule has 46 heavy (non-hydrogen) atoms. The molecule has 0 aromatic heterocycles. The van der Waals surface area contributed by atoms with E-state index in [4.69, 9.17) is 16.3 Å². The van der Waals surface area contributed by atoms with Crippen molar-refractivity contribution in [1.82, 2.24) is 4.72 Å². The molecule has 2 N–H and O–H groups in total. The largest absolute Gasteiger partial charge is 0.490 e. The number of allylic oxidation sites excluding steroid dienone is 1. The van der Waals surface area contributed by atoms with Crippen LogP contribution < -0.4 is 14.4 Å². The molecule has 2 bridgehead atoms. The Morgan fingerprint density at radius 1 is 1.07 bits per heavy atom. The summed E-state index contributed by atoms with van der Waals surface area (Å²) in [6, 6.07) is 20.4. The van der Waals surface area contributed by atoms with E-state index in [0.717, 1.165) is 42.8 Å². The van der Waals surface area contributed by atoms with Crippen molar-refractivity contribution in [2.45, 2.75) is 62.2 Å². The summed E-state index contributed by atoms with van der Waals surface area (Å²) in [5.41, 5.74) is 3.88. The third-order valence-electron chi connectivity index (χ3n) is 10.7. The number of aliphatic hydroxyl groups excluding tert-OH is 1. The number of carbonyl (C=O) groups is 1. The van der Waals surface area contributed by atoms with Crippen LogP contribution >= 0.6 is 11.6 Å². The van der Waals surface area contributed by atoms with E-state index in [1.165, 1.54) is 11.1 Å². The monoisotopic (exact) mass is 660 g/mol. The molecule has 2 aliphatic carbocycles. The fourth-order valence-corrected chi connectivity index (χ4v) is 10.2.